The molecule has 1 saturated heterocycles. The predicted octanol–water partition coefficient (Wildman–Crippen LogP) is 1.28. The van der Waals surface area contributed by atoms with Crippen molar-refractivity contribution in [2.45, 2.75) is 13.0 Å². The standard InChI is InChI=1S/C13H15NO2/c15-10-12-6-7-14(9-13(12)16)8-11-4-2-1-3-5-11/h1-5,10,12H,6-9H2. The van der Waals surface area contributed by atoms with Crippen LogP contribution in [0.15, 0.2) is 30.3 Å². The van der Waals surface area contributed by atoms with E-state index in [9.17, 15) is 9.59 Å². The van der Waals surface area contributed by atoms with Crippen molar-refractivity contribution in [2.75, 3.05) is 13.1 Å². The first-order chi connectivity index (χ1) is 7.79. The minimum absolute atomic E-state index is 0.0529. The lowest BCUT2D eigenvalue weighted by molar-refractivity contribution is -0.131. The molecule has 3 heteroatoms. The van der Waals surface area contributed by atoms with Gasteiger partial charge in [0.2, 0.25) is 0 Å². The van der Waals surface area contributed by atoms with Gasteiger partial charge in [0, 0.05) is 13.1 Å². The molecule has 0 radical (unpaired) electrons. The number of rotatable bonds is 3. The van der Waals surface area contributed by atoms with E-state index in [2.05, 4.69) is 17.0 Å². The highest BCUT2D eigenvalue weighted by Gasteiger charge is 2.26. The predicted molar refractivity (Wildman–Crippen MR) is 60.9 cm³/mol. The normalized spacial score (nSPS) is 22.0. The van der Waals surface area contributed by atoms with Crippen LogP contribution in [0.2, 0.25) is 0 Å². The Hall–Kier alpha value is -1.48. The van der Waals surface area contributed by atoms with Gasteiger partial charge >= 0.3 is 0 Å². The fourth-order valence-corrected chi connectivity index (χ4v) is 2.02. The molecule has 0 aromatic heterocycles. The van der Waals surface area contributed by atoms with Crippen molar-refractivity contribution in [3.63, 3.8) is 0 Å². The first-order valence-electron chi connectivity index (χ1n) is 5.54. The first kappa shape index (κ1) is 11.0. The Labute approximate surface area is 95.1 Å². The number of likely N-dealkylation sites (tertiary alicyclic amines) is 1. The SMILES string of the molecule is O=CC1CCN(Cc2ccccc2)CC1=O. The third kappa shape index (κ3) is 2.55. The van der Waals surface area contributed by atoms with Gasteiger partial charge in [-0.25, -0.2) is 0 Å². The molecule has 0 bridgehead atoms. The van der Waals surface area contributed by atoms with E-state index < -0.39 is 0 Å². The number of benzene rings is 1. The number of nitrogens with zero attached hydrogens (tertiary/aromatic N) is 1. The average molecular weight is 217 g/mol. The van der Waals surface area contributed by atoms with Crippen molar-refractivity contribution in [1.82, 2.24) is 4.90 Å². The van der Waals surface area contributed by atoms with Crippen LogP contribution in [-0.4, -0.2) is 30.1 Å². The number of piperidine rings is 1. The van der Waals surface area contributed by atoms with E-state index in [1.807, 2.05) is 18.2 Å². The largest absolute Gasteiger partial charge is 0.303 e. The molecule has 0 spiro atoms. The molecule has 3 nitrogen and oxygen atoms in total. The van der Waals surface area contributed by atoms with Crippen LogP contribution in [0.4, 0.5) is 0 Å². The Morgan fingerprint density at radius 3 is 2.69 bits per heavy atom. The number of hydrogen-bond donors (Lipinski definition) is 0. The first-order valence-corrected chi connectivity index (χ1v) is 5.54. The number of ketones is 1. The molecule has 0 N–H and O–H groups in total. The van der Waals surface area contributed by atoms with Gasteiger partial charge in [0.15, 0.2) is 5.78 Å². The van der Waals surface area contributed by atoms with E-state index in [0.29, 0.717) is 13.0 Å². The summed E-state index contributed by atoms with van der Waals surface area (Å²) in [5.74, 6) is -0.316. The van der Waals surface area contributed by atoms with Gasteiger partial charge in [-0.2, -0.15) is 0 Å². The molecule has 2 rings (SSSR count). The van der Waals surface area contributed by atoms with Crippen molar-refractivity contribution in [3.8, 4) is 0 Å². The summed E-state index contributed by atoms with van der Waals surface area (Å²) in [7, 11) is 0. The maximum atomic E-state index is 11.6. The van der Waals surface area contributed by atoms with Crippen LogP contribution in [0, 0.1) is 5.92 Å². The van der Waals surface area contributed by atoms with Gasteiger partial charge in [0.05, 0.1) is 12.5 Å². The molecule has 1 aromatic carbocycles. The van der Waals surface area contributed by atoms with Crippen LogP contribution in [0.3, 0.4) is 0 Å². The Kier molecular flexibility index (Phi) is 3.47. The number of Topliss-reactive ketones (excluding diaryl/α,β-unsaturated/α-hetero) is 1. The Morgan fingerprint density at radius 2 is 2.06 bits per heavy atom. The molecule has 1 unspecified atom stereocenters. The zero-order chi connectivity index (χ0) is 11.4. The minimum atomic E-state index is -0.368. The van der Waals surface area contributed by atoms with Gasteiger partial charge in [-0.3, -0.25) is 9.69 Å². The summed E-state index contributed by atoms with van der Waals surface area (Å²) in [6.07, 6.45) is 1.44. The van der Waals surface area contributed by atoms with E-state index in [1.54, 1.807) is 0 Å². The number of carbonyl (C=O) groups is 2. The molecule has 1 aliphatic heterocycles. The topological polar surface area (TPSA) is 37.4 Å². The van der Waals surface area contributed by atoms with Crippen LogP contribution in [0.25, 0.3) is 0 Å². The van der Waals surface area contributed by atoms with Crippen molar-refractivity contribution in [3.05, 3.63) is 35.9 Å². The lowest BCUT2D eigenvalue weighted by Gasteiger charge is -2.28. The van der Waals surface area contributed by atoms with Gasteiger partial charge in [0.1, 0.15) is 6.29 Å². The van der Waals surface area contributed by atoms with Crippen molar-refractivity contribution in [1.29, 1.82) is 0 Å². The Balaban J connectivity index is 1.94. The second-order valence-electron chi connectivity index (χ2n) is 4.19. The Bertz CT molecular complexity index is 375. The average Bonchev–Trinajstić information content (AvgIpc) is 2.31. The molecular weight excluding hydrogens is 202 g/mol. The molecule has 1 aromatic rings. The zero-order valence-electron chi connectivity index (χ0n) is 9.13. The molecule has 1 aliphatic rings. The highest BCUT2D eigenvalue weighted by atomic mass is 16.1. The molecular formula is C13H15NO2. The van der Waals surface area contributed by atoms with Gasteiger partial charge in [-0.05, 0) is 12.0 Å². The van der Waals surface area contributed by atoms with Crippen LogP contribution < -0.4 is 0 Å². The van der Waals surface area contributed by atoms with E-state index in [1.165, 1.54) is 5.56 Å². The van der Waals surface area contributed by atoms with Gasteiger partial charge in [-0.15, -0.1) is 0 Å². The second kappa shape index (κ2) is 5.03. The fourth-order valence-electron chi connectivity index (χ4n) is 2.02. The number of hydrogen-bond acceptors (Lipinski definition) is 3. The smallest absolute Gasteiger partial charge is 0.157 e. The summed E-state index contributed by atoms with van der Waals surface area (Å²) >= 11 is 0. The molecule has 1 heterocycles. The van der Waals surface area contributed by atoms with Crippen molar-refractivity contribution in [2.24, 2.45) is 5.92 Å². The maximum absolute atomic E-state index is 11.6. The summed E-state index contributed by atoms with van der Waals surface area (Å²) in [4.78, 5) is 24.2. The molecule has 0 aliphatic carbocycles. The molecule has 84 valence electrons. The molecule has 16 heavy (non-hydrogen) atoms. The molecule has 1 atom stereocenters. The monoisotopic (exact) mass is 217 g/mol. The van der Waals surface area contributed by atoms with Crippen LogP contribution >= 0.6 is 0 Å². The highest BCUT2D eigenvalue weighted by molar-refractivity contribution is 5.95. The second-order valence-corrected chi connectivity index (χ2v) is 4.19. The summed E-state index contributed by atoms with van der Waals surface area (Å²) in [5, 5.41) is 0. The van der Waals surface area contributed by atoms with Crippen molar-refractivity contribution < 1.29 is 9.59 Å². The van der Waals surface area contributed by atoms with E-state index in [0.717, 1.165) is 19.4 Å². The van der Waals surface area contributed by atoms with Crippen LogP contribution in [0.1, 0.15) is 12.0 Å². The fraction of sp³-hybridized carbons (Fsp3) is 0.385. The third-order valence-electron chi connectivity index (χ3n) is 2.96. The van der Waals surface area contributed by atoms with Crippen LogP contribution in [0.5, 0.6) is 0 Å². The molecule has 0 amide bonds. The Morgan fingerprint density at radius 1 is 1.31 bits per heavy atom. The zero-order valence-corrected chi connectivity index (χ0v) is 9.13. The van der Waals surface area contributed by atoms with Crippen molar-refractivity contribution >= 4 is 12.1 Å². The quantitative estimate of drug-likeness (QED) is 0.565. The number of aldehydes is 1. The summed E-state index contributed by atoms with van der Waals surface area (Å²) < 4.78 is 0. The maximum Gasteiger partial charge on any atom is 0.157 e. The molecule has 0 saturated carbocycles. The lowest BCUT2D eigenvalue weighted by atomic mass is 9.97. The third-order valence-corrected chi connectivity index (χ3v) is 2.96. The van der Waals surface area contributed by atoms with E-state index >= 15 is 0 Å². The van der Waals surface area contributed by atoms with Gasteiger partial charge in [-0.1, -0.05) is 30.3 Å². The number of carbonyl (C=O) groups excluding carboxylic acids is 2. The summed E-state index contributed by atoms with van der Waals surface area (Å²) in [6, 6.07) is 10.1. The van der Waals surface area contributed by atoms with Gasteiger partial charge in [0.25, 0.3) is 0 Å². The summed E-state index contributed by atoms with van der Waals surface area (Å²) in [6.45, 7) is 2.01. The highest BCUT2D eigenvalue weighted by Crippen LogP contribution is 2.14. The lowest BCUT2D eigenvalue weighted by Crippen LogP contribution is -2.40. The minimum Gasteiger partial charge on any atom is -0.303 e. The summed E-state index contributed by atoms with van der Waals surface area (Å²) in [5.41, 5.74) is 1.21. The van der Waals surface area contributed by atoms with Gasteiger partial charge < -0.3 is 4.79 Å². The van der Waals surface area contributed by atoms with E-state index in [4.69, 9.17) is 0 Å². The molecule has 1 fully saturated rings. The van der Waals surface area contributed by atoms with Crippen LogP contribution in [-0.2, 0) is 16.1 Å². The van der Waals surface area contributed by atoms with E-state index in [-0.39, 0.29) is 11.7 Å².